The third-order valence-electron chi connectivity index (χ3n) is 4.75. The molecule has 7 nitrogen and oxygen atoms in total. The first-order valence-electron chi connectivity index (χ1n) is 9.88. The summed E-state index contributed by atoms with van der Waals surface area (Å²) in [5, 5.41) is 8.42. The van der Waals surface area contributed by atoms with Crippen molar-refractivity contribution in [2.75, 3.05) is 31.1 Å². The van der Waals surface area contributed by atoms with E-state index < -0.39 is 0 Å². The molecule has 0 atom stereocenters. The highest BCUT2D eigenvalue weighted by Gasteiger charge is 2.15. The molecule has 0 saturated carbocycles. The molecule has 2 heterocycles. The zero-order valence-corrected chi connectivity index (χ0v) is 17.9. The molecule has 1 saturated heterocycles. The summed E-state index contributed by atoms with van der Waals surface area (Å²) in [4.78, 5) is 31.0. The van der Waals surface area contributed by atoms with Gasteiger partial charge in [-0.1, -0.05) is 28.1 Å². The number of halogens is 1. The number of nitrogens with zero attached hydrogens (tertiary/aromatic N) is 2. The lowest BCUT2D eigenvalue weighted by Crippen LogP contribution is -2.40. The fourth-order valence-electron chi connectivity index (χ4n) is 3.28. The predicted octanol–water partition coefficient (Wildman–Crippen LogP) is 3.06. The van der Waals surface area contributed by atoms with Crippen LogP contribution < -0.4 is 20.9 Å². The van der Waals surface area contributed by atoms with Crippen LogP contribution in [0.2, 0.25) is 0 Å². The Labute approximate surface area is 179 Å². The van der Waals surface area contributed by atoms with Crippen molar-refractivity contribution in [2.24, 2.45) is 0 Å². The molecular formula is C21H26BrN5O2. The number of hydrogen-bond acceptors (Lipinski definition) is 4. The Hall–Kier alpha value is -2.61. The fourth-order valence-corrected chi connectivity index (χ4v) is 3.68. The Morgan fingerprint density at radius 3 is 2.59 bits per heavy atom. The topological polar surface area (TPSA) is 86.4 Å². The van der Waals surface area contributed by atoms with Crippen molar-refractivity contribution in [1.82, 2.24) is 20.9 Å². The van der Waals surface area contributed by atoms with Gasteiger partial charge in [-0.2, -0.15) is 0 Å². The van der Waals surface area contributed by atoms with Crippen molar-refractivity contribution in [3.05, 3.63) is 58.2 Å². The maximum Gasteiger partial charge on any atom is 0.315 e. The quantitative estimate of drug-likeness (QED) is 0.555. The van der Waals surface area contributed by atoms with Gasteiger partial charge in [0.25, 0.3) is 5.91 Å². The number of piperidine rings is 1. The SMILES string of the molecule is O=C(NCCNC(=O)c1cccc(Br)c1)NCc1cccnc1N1CCCCC1. The number of hydrogen-bond donors (Lipinski definition) is 3. The molecule has 2 aromatic rings. The number of aromatic nitrogens is 1. The number of benzene rings is 1. The summed E-state index contributed by atoms with van der Waals surface area (Å²) >= 11 is 3.35. The first-order valence-corrected chi connectivity index (χ1v) is 10.7. The van der Waals surface area contributed by atoms with Gasteiger partial charge in [-0.3, -0.25) is 4.79 Å². The van der Waals surface area contributed by atoms with Crippen molar-refractivity contribution in [2.45, 2.75) is 25.8 Å². The van der Waals surface area contributed by atoms with Crippen LogP contribution in [0.15, 0.2) is 47.1 Å². The number of nitrogens with one attached hydrogen (secondary N) is 3. The molecule has 1 aliphatic rings. The lowest BCUT2D eigenvalue weighted by Gasteiger charge is -2.29. The number of pyridine rings is 1. The Balaban J connectivity index is 1.40. The van der Waals surface area contributed by atoms with Gasteiger partial charge in [0.05, 0.1) is 0 Å². The van der Waals surface area contributed by atoms with Crippen LogP contribution in [0.4, 0.5) is 10.6 Å². The second-order valence-corrected chi connectivity index (χ2v) is 7.83. The molecule has 1 aliphatic heterocycles. The summed E-state index contributed by atoms with van der Waals surface area (Å²) in [6, 6.07) is 10.8. The van der Waals surface area contributed by atoms with Crippen LogP contribution >= 0.6 is 15.9 Å². The fraction of sp³-hybridized carbons (Fsp3) is 0.381. The highest BCUT2D eigenvalue weighted by molar-refractivity contribution is 9.10. The van der Waals surface area contributed by atoms with Crippen LogP contribution in [0, 0.1) is 0 Å². The van der Waals surface area contributed by atoms with Crippen molar-refractivity contribution < 1.29 is 9.59 Å². The molecule has 0 bridgehead atoms. The van der Waals surface area contributed by atoms with E-state index in [4.69, 9.17) is 0 Å². The molecular weight excluding hydrogens is 434 g/mol. The van der Waals surface area contributed by atoms with Gasteiger partial charge in [-0.15, -0.1) is 0 Å². The van der Waals surface area contributed by atoms with Gasteiger partial charge in [-0.05, 0) is 43.5 Å². The van der Waals surface area contributed by atoms with Crippen molar-refractivity contribution in [3.63, 3.8) is 0 Å². The van der Waals surface area contributed by atoms with Gasteiger partial charge in [0.1, 0.15) is 5.82 Å². The van der Waals surface area contributed by atoms with Crippen molar-refractivity contribution >= 4 is 33.7 Å². The van der Waals surface area contributed by atoms with E-state index in [9.17, 15) is 9.59 Å². The molecule has 1 aromatic carbocycles. The van der Waals surface area contributed by atoms with Crippen LogP contribution in [-0.4, -0.2) is 43.1 Å². The molecule has 3 N–H and O–H groups in total. The van der Waals surface area contributed by atoms with Crippen LogP contribution in [-0.2, 0) is 6.54 Å². The zero-order chi connectivity index (χ0) is 20.5. The van der Waals surface area contributed by atoms with Gasteiger partial charge in [0.15, 0.2) is 0 Å². The van der Waals surface area contributed by atoms with Gasteiger partial charge < -0.3 is 20.9 Å². The Kier molecular flexibility index (Phi) is 7.86. The maximum absolute atomic E-state index is 12.1. The molecule has 0 radical (unpaired) electrons. The number of anilines is 1. The second kappa shape index (κ2) is 10.8. The first kappa shape index (κ1) is 21.1. The maximum atomic E-state index is 12.1. The monoisotopic (exact) mass is 459 g/mol. The minimum absolute atomic E-state index is 0.171. The minimum Gasteiger partial charge on any atom is -0.356 e. The lowest BCUT2D eigenvalue weighted by molar-refractivity contribution is 0.0953. The Morgan fingerprint density at radius 1 is 1.00 bits per heavy atom. The molecule has 0 unspecified atom stereocenters. The summed E-state index contributed by atoms with van der Waals surface area (Å²) in [6.45, 7) is 3.12. The highest BCUT2D eigenvalue weighted by atomic mass is 79.9. The number of amides is 3. The molecule has 8 heteroatoms. The molecule has 29 heavy (non-hydrogen) atoms. The van der Waals surface area contributed by atoms with E-state index in [0.717, 1.165) is 28.9 Å². The van der Waals surface area contributed by atoms with Gasteiger partial charge in [-0.25, -0.2) is 9.78 Å². The molecule has 154 valence electrons. The van der Waals surface area contributed by atoms with Gasteiger partial charge >= 0.3 is 6.03 Å². The summed E-state index contributed by atoms with van der Waals surface area (Å²) < 4.78 is 0.849. The van der Waals surface area contributed by atoms with Crippen LogP contribution in [0.3, 0.4) is 0 Å². The smallest absolute Gasteiger partial charge is 0.315 e. The number of carbonyl (C=O) groups is 2. The zero-order valence-electron chi connectivity index (χ0n) is 16.3. The normalized spacial score (nSPS) is 13.6. The van der Waals surface area contributed by atoms with E-state index in [1.807, 2.05) is 18.2 Å². The van der Waals surface area contributed by atoms with E-state index in [1.54, 1.807) is 24.4 Å². The third-order valence-corrected chi connectivity index (χ3v) is 5.24. The summed E-state index contributed by atoms with van der Waals surface area (Å²) in [6.07, 6.45) is 5.41. The third kappa shape index (κ3) is 6.45. The number of rotatable bonds is 7. The largest absolute Gasteiger partial charge is 0.356 e. The predicted molar refractivity (Wildman–Crippen MR) is 117 cm³/mol. The molecule has 0 aliphatic carbocycles. The molecule has 0 spiro atoms. The Morgan fingerprint density at radius 2 is 1.79 bits per heavy atom. The lowest BCUT2D eigenvalue weighted by atomic mass is 10.1. The van der Waals surface area contributed by atoms with E-state index in [2.05, 4.69) is 41.8 Å². The van der Waals surface area contributed by atoms with Crippen LogP contribution in [0.25, 0.3) is 0 Å². The Bertz CT molecular complexity index is 839. The average Bonchev–Trinajstić information content (AvgIpc) is 2.76. The first-order chi connectivity index (χ1) is 14.1. The van der Waals surface area contributed by atoms with Crippen LogP contribution in [0.5, 0.6) is 0 Å². The van der Waals surface area contributed by atoms with E-state index in [1.165, 1.54) is 19.3 Å². The number of carbonyl (C=O) groups excluding carboxylic acids is 2. The summed E-state index contributed by atoms with van der Waals surface area (Å²) in [7, 11) is 0. The molecule has 1 fully saturated rings. The van der Waals surface area contributed by atoms with E-state index in [-0.39, 0.29) is 11.9 Å². The van der Waals surface area contributed by atoms with Gasteiger partial charge in [0, 0.05) is 54.5 Å². The highest BCUT2D eigenvalue weighted by Crippen LogP contribution is 2.21. The van der Waals surface area contributed by atoms with Crippen molar-refractivity contribution in [1.29, 1.82) is 0 Å². The van der Waals surface area contributed by atoms with Crippen LogP contribution in [0.1, 0.15) is 35.2 Å². The van der Waals surface area contributed by atoms with E-state index in [0.29, 0.717) is 25.2 Å². The molecule has 3 amide bonds. The summed E-state index contributed by atoms with van der Waals surface area (Å²) in [5.74, 6) is 0.781. The molecule has 3 rings (SSSR count). The minimum atomic E-state index is -0.268. The van der Waals surface area contributed by atoms with Gasteiger partial charge in [0.2, 0.25) is 0 Å². The summed E-state index contributed by atoms with van der Waals surface area (Å²) in [5.41, 5.74) is 1.58. The average molecular weight is 460 g/mol. The van der Waals surface area contributed by atoms with Crippen molar-refractivity contribution in [3.8, 4) is 0 Å². The second-order valence-electron chi connectivity index (χ2n) is 6.91. The number of urea groups is 1. The standard InChI is InChI=1S/C21H26BrN5O2/c22-18-8-4-6-16(14-18)20(28)24-10-11-25-21(29)26-15-17-7-5-9-23-19(17)27-12-2-1-3-13-27/h4-9,14H,1-3,10-13,15H2,(H,24,28)(H2,25,26,29). The molecule has 1 aromatic heterocycles. The van der Waals surface area contributed by atoms with E-state index >= 15 is 0 Å².